The molecule has 6 N–H and O–H groups in total. The first-order valence-corrected chi connectivity index (χ1v) is 13.0. The fourth-order valence-corrected chi connectivity index (χ4v) is 6.23. The van der Waals surface area contributed by atoms with Crippen molar-refractivity contribution >= 4 is 45.6 Å². The number of rotatable bonds is 8. The molecular formula is C22H23N4NaO9S2. The summed E-state index contributed by atoms with van der Waals surface area (Å²) in [5.74, 6) is -3.89. The molecule has 0 bridgehead atoms. The summed E-state index contributed by atoms with van der Waals surface area (Å²) in [6.45, 7) is 0.0850. The number of benzene rings is 1. The van der Waals surface area contributed by atoms with Crippen LogP contribution in [-0.2, 0) is 31.0 Å². The summed E-state index contributed by atoms with van der Waals surface area (Å²) in [5, 5.41) is 11.5. The van der Waals surface area contributed by atoms with Crippen molar-refractivity contribution in [3.63, 3.8) is 0 Å². The van der Waals surface area contributed by atoms with Crippen LogP contribution in [-0.4, -0.2) is 64.2 Å². The van der Waals surface area contributed by atoms with E-state index in [-0.39, 0.29) is 65.6 Å². The van der Waals surface area contributed by atoms with Crippen LogP contribution in [0, 0.1) is 0 Å². The molecule has 198 valence electrons. The molecule has 1 aromatic heterocycles. The van der Waals surface area contributed by atoms with Crippen molar-refractivity contribution in [3.8, 4) is 0 Å². The van der Waals surface area contributed by atoms with E-state index in [9.17, 15) is 37.3 Å². The number of hydrogen-bond donors (Lipinski definition) is 3. The van der Waals surface area contributed by atoms with Crippen molar-refractivity contribution in [2.75, 3.05) is 5.75 Å². The minimum Gasteiger partial charge on any atom is -1.00 e. The standard InChI is InChI=1S/C22H20N4O8S2.Na.H2O.H/c23-18(27)13-6-8-25(9-7-13)10-14-11-35-21-15(20(29)26(21)16(14)22(30)31)24-19(28)17(36(32,33)34)12-4-2-1-3-5-12;;;/h1-9,15,17,21H,10-11H2,(H4-,23,24,27,28,30,31,32,33,34);;1H2;/q;+1;;-1/t15-,17-,21-;;;/m1.../s1. The third-order valence-corrected chi connectivity index (χ3v) is 8.15. The minimum absolute atomic E-state index is 0. The molecule has 38 heavy (non-hydrogen) atoms. The molecule has 1 aromatic carbocycles. The normalized spacial score (nSPS) is 19.2. The minimum atomic E-state index is -4.86. The zero-order valence-corrected chi connectivity index (χ0v) is 23.6. The number of aliphatic carboxylic acids is 1. The second-order valence-electron chi connectivity index (χ2n) is 8.06. The topological polar surface area (TPSA) is 222 Å². The molecule has 0 spiro atoms. The van der Waals surface area contributed by atoms with Crippen LogP contribution in [0.3, 0.4) is 0 Å². The number of fused-ring (bicyclic) bond motifs is 1. The zero-order valence-electron chi connectivity index (χ0n) is 20.9. The predicted octanol–water partition coefficient (Wildman–Crippen LogP) is -5.60. The quantitative estimate of drug-likeness (QED) is 0.118. The molecule has 1 saturated heterocycles. The third-order valence-electron chi connectivity index (χ3n) is 5.73. The van der Waals surface area contributed by atoms with Gasteiger partial charge in [0.2, 0.25) is 11.8 Å². The average Bonchev–Trinajstić information content (AvgIpc) is 2.82. The van der Waals surface area contributed by atoms with Gasteiger partial charge >= 0.3 is 29.6 Å². The van der Waals surface area contributed by atoms with Crippen LogP contribution in [0.15, 0.2) is 66.1 Å². The molecule has 3 amide bonds. The molecule has 2 aliphatic rings. The number of carbonyl (C=O) groups is 4. The van der Waals surface area contributed by atoms with E-state index in [2.05, 4.69) is 5.32 Å². The van der Waals surface area contributed by atoms with Crippen molar-refractivity contribution in [1.82, 2.24) is 10.2 Å². The van der Waals surface area contributed by atoms with Gasteiger partial charge in [-0.15, -0.1) is 11.8 Å². The number of amides is 3. The number of nitrogens with zero attached hydrogens (tertiary/aromatic N) is 2. The Labute approximate surface area is 244 Å². The molecule has 4 rings (SSSR count). The van der Waals surface area contributed by atoms with E-state index in [4.69, 9.17) is 5.73 Å². The van der Waals surface area contributed by atoms with Crippen LogP contribution in [0.5, 0.6) is 0 Å². The summed E-state index contributed by atoms with van der Waals surface area (Å²) in [4.78, 5) is 49.9. The fourth-order valence-electron chi connectivity index (χ4n) is 4.06. The molecule has 0 saturated carbocycles. The summed E-state index contributed by atoms with van der Waals surface area (Å²) in [6.07, 6.45) is 3.08. The first kappa shape index (κ1) is 31.4. The summed E-state index contributed by atoms with van der Waals surface area (Å²) in [6, 6.07) is 9.02. The first-order valence-electron chi connectivity index (χ1n) is 10.5. The van der Waals surface area contributed by atoms with E-state index in [1.807, 2.05) is 0 Å². The number of aromatic nitrogens is 1. The number of carboxylic acids is 1. The van der Waals surface area contributed by atoms with E-state index < -0.39 is 50.5 Å². The van der Waals surface area contributed by atoms with Gasteiger partial charge in [0.1, 0.15) is 11.4 Å². The van der Waals surface area contributed by atoms with Crippen LogP contribution in [0.2, 0.25) is 0 Å². The number of primary amides is 1. The number of nitrogens with one attached hydrogen (secondary N) is 1. The van der Waals surface area contributed by atoms with Gasteiger partial charge in [-0.1, -0.05) is 30.3 Å². The molecule has 3 heterocycles. The van der Waals surface area contributed by atoms with Crippen molar-refractivity contribution in [2.24, 2.45) is 5.73 Å². The first-order chi connectivity index (χ1) is 17.0. The maximum atomic E-state index is 12.9. The Morgan fingerprint density at radius 3 is 2.34 bits per heavy atom. The average molecular weight is 575 g/mol. The maximum absolute atomic E-state index is 12.9. The van der Waals surface area contributed by atoms with Gasteiger partial charge in [0.25, 0.3) is 16.0 Å². The van der Waals surface area contributed by atoms with E-state index in [1.165, 1.54) is 60.6 Å². The van der Waals surface area contributed by atoms with Crippen LogP contribution in [0.1, 0.15) is 22.6 Å². The Hall–Kier alpha value is -2.79. The monoisotopic (exact) mass is 574 g/mol. The number of hydrogen-bond acceptors (Lipinski definition) is 8. The predicted molar refractivity (Wildman–Crippen MR) is 128 cm³/mol. The molecule has 2 aliphatic heterocycles. The van der Waals surface area contributed by atoms with Crippen LogP contribution < -0.4 is 50.3 Å². The Balaban J connectivity index is 0.00000253. The molecule has 3 atom stereocenters. The van der Waals surface area contributed by atoms with E-state index in [1.54, 1.807) is 10.6 Å². The summed E-state index contributed by atoms with van der Waals surface area (Å²) >= 11 is 1.18. The van der Waals surface area contributed by atoms with E-state index in [0.717, 1.165) is 4.90 Å². The molecule has 0 unspecified atom stereocenters. The summed E-state index contributed by atoms with van der Waals surface area (Å²) in [7, 11) is -4.86. The Morgan fingerprint density at radius 1 is 1.21 bits per heavy atom. The molecule has 0 radical (unpaired) electrons. The fraction of sp³-hybridized carbons (Fsp3) is 0.227. The number of carbonyl (C=O) groups excluding carboxylic acids is 4. The molecule has 1 fully saturated rings. The zero-order chi connectivity index (χ0) is 26.2. The number of carboxylic acid groups (broad SMARTS) is 1. The van der Waals surface area contributed by atoms with Crippen LogP contribution in [0.25, 0.3) is 0 Å². The molecule has 13 nitrogen and oxygen atoms in total. The van der Waals surface area contributed by atoms with Gasteiger partial charge in [-0.3, -0.25) is 23.8 Å². The van der Waals surface area contributed by atoms with E-state index in [0.29, 0.717) is 5.57 Å². The largest absolute Gasteiger partial charge is 1.00 e. The van der Waals surface area contributed by atoms with Gasteiger partial charge in [-0.05, 0) is 5.56 Å². The number of β-lactam (4-membered cyclic amide) rings is 1. The second-order valence-corrected chi connectivity index (χ2v) is 10.7. The van der Waals surface area contributed by atoms with Gasteiger partial charge in [-0.2, -0.15) is 8.42 Å². The van der Waals surface area contributed by atoms with Gasteiger partial charge in [0.05, 0.1) is 17.2 Å². The van der Waals surface area contributed by atoms with Crippen molar-refractivity contribution < 1.29 is 78.3 Å². The number of pyridine rings is 1. The molecule has 0 aliphatic carbocycles. The molecule has 16 heteroatoms. The van der Waals surface area contributed by atoms with E-state index >= 15 is 0 Å². The van der Waals surface area contributed by atoms with Gasteiger partial charge in [-0.25, -0.2) is 4.57 Å². The molecule has 2 aromatic rings. The Bertz CT molecular complexity index is 1390. The van der Waals surface area contributed by atoms with Crippen molar-refractivity contribution in [2.45, 2.75) is 23.2 Å². The SMILES string of the molecule is NC(=O)c1cc[n+](CC2=C(C(=O)[O-])N3C(=O)[C@@H](NC(=O)[C@@H](c4ccccc4)S(=O)(=O)O)[C@H]3SC2)cc1.O.[H-].[Na+]. The summed E-state index contributed by atoms with van der Waals surface area (Å²) in [5.41, 5.74) is 5.53. The van der Waals surface area contributed by atoms with Crippen LogP contribution >= 0.6 is 11.8 Å². The number of nitrogens with two attached hydrogens (primary N) is 1. The second kappa shape index (κ2) is 12.4. The van der Waals surface area contributed by atoms with Gasteiger partial charge in [0, 0.05) is 23.5 Å². The third kappa shape index (κ3) is 6.26. The van der Waals surface area contributed by atoms with Crippen molar-refractivity contribution in [3.05, 3.63) is 77.3 Å². The maximum Gasteiger partial charge on any atom is 1.00 e. The van der Waals surface area contributed by atoms with Gasteiger partial charge < -0.3 is 27.9 Å². The number of thioether (sulfide) groups is 1. The Morgan fingerprint density at radius 2 is 1.82 bits per heavy atom. The Kier molecular flexibility index (Phi) is 10.2. The van der Waals surface area contributed by atoms with Crippen LogP contribution in [0.4, 0.5) is 0 Å². The summed E-state index contributed by atoms with van der Waals surface area (Å²) < 4.78 is 35.1. The smallest absolute Gasteiger partial charge is 1.00 e. The van der Waals surface area contributed by atoms with Gasteiger partial charge in [0.15, 0.2) is 24.2 Å². The van der Waals surface area contributed by atoms with Crippen molar-refractivity contribution in [1.29, 1.82) is 0 Å². The molecular weight excluding hydrogens is 551 g/mol.